The van der Waals surface area contributed by atoms with E-state index in [1.165, 1.54) is 4.90 Å². The number of carbonyl (C=O) groups excluding carboxylic acids is 1. The largest absolute Gasteiger partial charge is 0.389 e. The van der Waals surface area contributed by atoms with E-state index >= 15 is 0 Å². The van der Waals surface area contributed by atoms with Crippen LogP contribution >= 0.6 is 11.6 Å². The van der Waals surface area contributed by atoms with E-state index in [1.807, 2.05) is 19.1 Å². The molecular weight excluding hydrogens is 250 g/mol. The van der Waals surface area contributed by atoms with Gasteiger partial charge in [0.05, 0.1) is 23.2 Å². The monoisotopic (exact) mass is 267 g/mol. The van der Waals surface area contributed by atoms with Gasteiger partial charge in [0.15, 0.2) is 0 Å². The van der Waals surface area contributed by atoms with Gasteiger partial charge in [-0.15, -0.1) is 0 Å². The molecule has 0 fully saturated rings. The maximum absolute atomic E-state index is 12.0. The van der Waals surface area contributed by atoms with Crippen molar-refractivity contribution in [3.8, 4) is 0 Å². The van der Waals surface area contributed by atoms with Crippen molar-refractivity contribution in [2.24, 2.45) is 0 Å². The zero-order valence-electron chi connectivity index (χ0n) is 10.9. The molecule has 3 nitrogen and oxygen atoms in total. The van der Waals surface area contributed by atoms with Gasteiger partial charge in [-0.05, 0) is 31.5 Å². The molecule has 1 aromatic carbocycles. The van der Waals surface area contributed by atoms with Crippen molar-refractivity contribution < 1.29 is 9.90 Å². The molecule has 18 heavy (non-hydrogen) atoms. The van der Waals surface area contributed by atoms with E-state index in [-0.39, 0.29) is 12.3 Å². The normalized spacial score (nSPS) is 12.7. The number of amides is 1. The molecule has 0 aliphatic heterocycles. The highest BCUT2D eigenvalue weighted by Gasteiger charge is 2.16. The van der Waals surface area contributed by atoms with Crippen molar-refractivity contribution in [3.63, 3.8) is 0 Å². The van der Waals surface area contributed by atoms with Crippen molar-refractivity contribution in [2.45, 2.75) is 26.4 Å². The van der Waals surface area contributed by atoms with E-state index in [2.05, 4.69) is 0 Å². The summed E-state index contributed by atoms with van der Waals surface area (Å²) in [7, 11) is 1.66. The van der Waals surface area contributed by atoms with Crippen molar-refractivity contribution in [2.75, 3.05) is 11.9 Å². The number of benzene rings is 1. The molecule has 1 amide bonds. The first-order chi connectivity index (χ1) is 8.45. The Labute approximate surface area is 113 Å². The summed E-state index contributed by atoms with van der Waals surface area (Å²) in [5.74, 6) is -0.173. The molecule has 0 radical (unpaired) electrons. The fourth-order valence-corrected chi connectivity index (χ4v) is 1.86. The maximum atomic E-state index is 12.0. The van der Waals surface area contributed by atoms with Gasteiger partial charge in [0.2, 0.25) is 5.91 Å². The van der Waals surface area contributed by atoms with E-state index < -0.39 is 6.10 Å². The highest BCUT2D eigenvalue weighted by molar-refractivity contribution is 6.33. The molecule has 1 atom stereocenters. The van der Waals surface area contributed by atoms with E-state index in [0.717, 1.165) is 5.56 Å². The van der Waals surface area contributed by atoms with Crippen LogP contribution in [-0.4, -0.2) is 24.2 Å². The molecule has 0 aromatic heterocycles. The summed E-state index contributed by atoms with van der Waals surface area (Å²) in [6.07, 6.45) is 2.60. The lowest BCUT2D eigenvalue weighted by Crippen LogP contribution is -2.29. The topological polar surface area (TPSA) is 40.5 Å². The van der Waals surface area contributed by atoms with Crippen LogP contribution in [0.3, 0.4) is 0 Å². The number of rotatable bonds is 4. The Kier molecular flexibility index (Phi) is 5.38. The summed E-state index contributed by atoms with van der Waals surface area (Å²) in [5.41, 5.74) is 1.69. The summed E-state index contributed by atoms with van der Waals surface area (Å²) in [6, 6.07) is 5.50. The number of nitrogens with zero attached hydrogens (tertiary/aromatic N) is 1. The standard InChI is InChI=1S/C14H18ClNO2/c1-4-5-11(17)9-14(18)16(3)13-8-10(2)6-7-12(13)15/h4-8,11,17H,9H2,1-3H3/b5-4+. The van der Waals surface area contributed by atoms with Crippen molar-refractivity contribution in [1.82, 2.24) is 0 Å². The molecule has 1 N–H and O–H groups in total. The Morgan fingerprint density at radius 3 is 2.83 bits per heavy atom. The van der Waals surface area contributed by atoms with Crippen LogP contribution in [0.25, 0.3) is 0 Å². The summed E-state index contributed by atoms with van der Waals surface area (Å²) in [6.45, 7) is 3.74. The van der Waals surface area contributed by atoms with Gasteiger partial charge in [0, 0.05) is 7.05 Å². The van der Waals surface area contributed by atoms with Gasteiger partial charge in [-0.25, -0.2) is 0 Å². The molecule has 0 bridgehead atoms. The van der Waals surface area contributed by atoms with Crippen LogP contribution in [0.1, 0.15) is 18.9 Å². The third kappa shape index (κ3) is 3.86. The zero-order valence-corrected chi connectivity index (χ0v) is 11.6. The SMILES string of the molecule is C/C=C/C(O)CC(=O)N(C)c1cc(C)ccc1Cl. The first-order valence-electron chi connectivity index (χ1n) is 5.79. The van der Waals surface area contributed by atoms with Gasteiger partial charge in [-0.2, -0.15) is 0 Å². The molecule has 1 unspecified atom stereocenters. The first-order valence-corrected chi connectivity index (χ1v) is 6.17. The van der Waals surface area contributed by atoms with Gasteiger partial charge in [-0.3, -0.25) is 4.79 Å². The van der Waals surface area contributed by atoms with Gasteiger partial charge in [0.25, 0.3) is 0 Å². The van der Waals surface area contributed by atoms with Crippen molar-refractivity contribution in [1.29, 1.82) is 0 Å². The number of anilines is 1. The zero-order chi connectivity index (χ0) is 13.7. The Hall–Kier alpha value is -1.32. The highest BCUT2D eigenvalue weighted by atomic mass is 35.5. The van der Waals surface area contributed by atoms with Crippen LogP contribution in [0, 0.1) is 6.92 Å². The number of halogens is 1. The maximum Gasteiger partial charge on any atom is 0.229 e. The van der Waals surface area contributed by atoms with Crippen molar-refractivity contribution >= 4 is 23.2 Å². The third-order valence-corrected chi connectivity index (χ3v) is 2.96. The minimum Gasteiger partial charge on any atom is -0.389 e. The molecule has 1 rings (SSSR count). The molecular formula is C14H18ClNO2. The number of aryl methyl sites for hydroxylation is 1. The number of hydrogen-bond acceptors (Lipinski definition) is 2. The Bertz CT molecular complexity index is 457. The molecule has 0 aliphatic carbocycles. The molecule has 0 saturated heterocycles. The van der Waals surface area contributed by atoms with Crippen molar-refractivity contribution in [3.05, 3.63) is 40.9 Å². The lowest BCUT2D eigenvalue weighted by molar-refractivity contribution is -0.119. The molecule has 0 aliphatic rings. The van der Waals surface area contributed by atoms with E-state index in [1.54, 1.807) is 32.2 Å². The number of hydrogen-bond donors (Lipinski definition) is 1. The molecule has 0 saturated carbocycles. The van der Waals surface area contributed by atoms with E-state index in [9.17, 15) is 9.90 Å². The highest BCUT2D eigenvalue weighted by Crippen LogP contribution is 2.26. The minimum atomic E-state index is -0.756. The third-order valence-electron chi connectivity index (χ3n) is 2.64. The lowest BCUT2D eigenvalue weighted by Gasteiger charge is -2.20. The molecule has 0 heterocycles. The van der Waals surface area contributed by atoms with Gasteiger partial charge >= 0.3 is 0 Å². The predicted octanol–water partition coefficient (Wildman–Crippen LogP) is 2.94. The Balaban J connectivity index is 2.83. The summed E-state index contributed by atoms with van der Waals surface area (Å²) in [5, 5.41) is 10.1. The number of carbonyl (C=O) groups is 1. The van der Waals surface area contributed by atoms with Crippen LogP contribution in [-0.2, 0) is 4.79 Å². The van der Waals surface area contributed by atoms with Crippen LogP contribution in [0.15, 0.2) is 30.4 Å². The summed E-state index contributed by atoms with van der Waals surface area (Å²) >= 11 is 6.06. The predicted molar refractivity (Wildman–Crippen MR) is 75.0 cm³/mol. The average molecular weight is 268 g/mol. The minimum absolute atomic E-state index is 0.0467. The van der Waals surface area contributed by atoms with E-state index in [4.69, 9.17) is 11.6 Å². The van der Waals surface area contributed by atoms with Gasteiger partial charge in [0.1, 0.15) is 0 Å². The average Bonchev–Trinajstić information content (AvgIpc) is 2.31. The molecule has 4 heteroatoms. The van der Waals surface area contributed by atoms with Crippen LogP contribution in [0.2, 0.25) is 5.02 Å². The number of allylic oxidation sites excluding steroid dienone is 1. The number of aliphatic hydroxyl groups excluding tert-OH is 1. The number of aliphatic hydroxyl groups is 1. The summed E-state index contributed by atoms with van der Waals surface area (Å²) < 4.78 is 0. The Morgan fingerprint density at radius 2 is 2.22 bits per heavy atom. The second-order valence-electron chi connectivity index (χ2n) is 4.20. The summed E-state index contributed by atoms with van der Waals surface area (Å²) in [4.78, 5) is 13.4. The fourth-order valence-electron chi connectivity index (χ4n) is 1.62. The van der Waals surface area contributed by atoms with E-state index in [0.29, 0.717) is 10.7 Å². The second kappa shape index (κ2) is 6.57. The van der Waals surface area contributed by atoms with Crippen LogP contribution in [0.4, 0.5) is 5.69 Å². The first kappa shape index (κ1) is 14.7. The van der Waals surface area contributed by atoms with Crippen LogP contribution < -0.4 is 4.90 Å². The van der Waals surface area contributed by atoms with Gasteiger partial charge < -0.3 is 10.0 Å². The molecule has 1 aromatic rings. The molecule has 0 spiro atoms. The Morgan fingerprint density at radius 1 is 1.56 bits per heavy atom. The fraction of sp³-hybridized carbons (Fsp3) is 0.357. The lowest BCUT2D eigenvalue weighted by atomic mass is 10.2. The second-order valence-corrected chi connectivity index (χ2v) is 4.61. The van der Waals surface area contributed by atoms with Gasteiger partial charge in [-0.1, -0.05) is 29.8 Å². The molecule has 98 valence electrons. The quantitative estimate of drug-likeness (QED) is 0.852. The smallest absolute Gasteiger partial charge is 0.229 e. The van der Waals surface area contributed by atoms with Crippen LogP contribution in [0.5, 0.6) is 0 Å².